The van der Waals surface area contributed by atoms with Gasteiger partial charge in [-0.25, -0.2) is 0 Å². The molecule has 1 saturated heterocycles. The highest BCUT2D eigenvalue weighted by atomic mass is 35.5. The third-order valence-electron chi connectivity index (χ3n) is 7.21. The SMILES string of the molecule is C#Cc1ccc(C(=O)N2CCN(C(C)=O)CC2)c(NC2(Cc3cccc(Cl)c3)C(=O)Nc3cc(Cl)ccc32)c1. The van der Waals surface area contributed by atoms with Crippen molar-refractivity contribution in [1.82, 2.24) is 9.80 Å². The van der Waals surface area contributed by atoms with Gasteiger partial charge in [0.25, 0.3) is 11.8 Å². The molecule has 7 nitrogen and oxygen atoms in total. The van der Waals surface area contributed by atoms with Gasteiger partial charge in [0.05, 0.1) is 5.56 Å². The monoisotopic (exact) mass is 560 g/mol. The van der Waals surface area contributed by atoms with Crippen LogP contribution in [0, 0.1) is 12.3 Å². The summed E-state index contributed by atoms with van der Waals surface area (Å²) in [6, 6.07) is 17.6. The Morgan fingerprint density at radius 3 is 2.41 bits per heavy atom. The van der Waals surface area contributed by atoms with Gasteiger partial charge < -0.3 is 20.4 Å². The van der Waals surface area contributed by atoms with Gasteiger partial charge in [-0.15, -0.1) is 6.42 Å². The molecular formula is C30H26Cl2N4O3. The Hall–Kier alpha value is -3.99. The fraction of sp³-hybridized carbons (Fsp3) is 0.233. The van der Waals surface area contributed by atoms with Crippen LogP contribution in [-0.2, 0) is 21.5 Å². The number of terminal acetylenes is 1. The van der Waals surface area contributed by atoms with Crippen molar-refractivity contribution in [2.24, 2.45) is 0 Å². The summed E-state index contributed by atoms with van der Waals surface area (Å²) in [6.07, 6.45) is 5.96. The number of anilines is 2. The van der Waals surface area contributed by atoms with E-state index in [4.69, 9.17) is 29.6 Å². The molecular weight excluding hydrogens is 535 g/mol. The Morgan fingerprint density at radius 2 is 1.72 bits per heavy atom. The summed E-state index contributed by atoms with van der Waals surface area (Å²) in [4.78, 5) is 42.7. The zero-order valence-corrected chi connectivity index (χ0v) is 22.8. The van der Waals surface area contributed by atoms with Gasteiger partial charge in [0, 0.05) is 72.1 Å². The van der Waals surface area contributed by atoms with E-state index in [9.17, 15) is 14.4 Å². The lowest BCUT2D eigenvalue weighted by Gasteiger charge is -2.35. The normalized spacial score (nSPS) is 18.3. The van der Waals surface area contributed by atoms with Gasteiger partial charge in [0.1, 0.15) is 5.54 Å². The zero-order valence-electron chi connectivity index (χ0n) is 21.3. The topological polar surface area (TPSA) is 81.8 Å². The van der Waals surface area contributed by atoms with Crippen LogP contribution in [0.2, 0.25) is 10.0 Å². The van der Waals surface area contributed by atoms with E-state index in [0.717, 1.165) is 5.56 Å². The predicted octanol–water partition coefficient (Wildman–Crippen LogP) is 4.78. The van der Waals surface area contributed by atoms with Crippen molar-refractivity contribution in [3.05, 3.63) is 93.0 Å². The van der Waals surface area contributed by atoms with Crippen LogP contribution < -0.4 is 10.6 Å². The van der Waals surface area contributed by atoms with Crippen LogP contribution >= 0.6 is 23.2 Å². The fourth-order valence-corrected chi connectivity index (χ4v) is 5.57. The largest absolute Gasteiger partial charge is 0.367 e. The number of nitrogens with zero attached hydrogens (tertiary/aromatic N) is 2. The van der Waals surface area contributed by atoms with Gasteiger partial charge in [0.2, 0.25) is 5.91 Å². The highest BCUT2D eigenvalue weighted by molar-refractivity contribution is 6.31. The summed E-state index contributed by atoms with van der Waals surface area (Å²) in [5.74, 6) is 2.10. The molecule has 0 aromatic heterocycles. The molecule has 0 radical (unpaired) electrons. The van der Waals surface area contributed by atoms with Gasteiger partial charge in [-0.2, -0.15) is 0 Å². The summed E-state index contributed by atoms with van der Waals surface area (Å²) in [5, 5.41) is 7.42. The second-order valence-electron chi connectivity index (χ2n) is 9.68. The summed E-state index contributed by atoms with van der Waals surface area (Å²) >= 11 is 12.5. The first-order chi connectivity index (χ1) is 18.7. The van der Waals surface area contributed by atoms with Crippen LogP contribution in [0.1, 0.15) is 34.0 Å². The second-order valence-corrected chi connectivity index (χ2v) is 10.6. The number of rotatable bonds is 5. The van der Waals surface area contributed by atoms with E-state index in [0.29, 0.717) is 64.3 Å². The molecule has 0 bridgehead atoms. The molecule has 198 valence electrons. The van der Waals surface area contributed by atoms with Crippen molar-refractivity contribution in [2.75, 3.05) is 36.8 Å². The zero-order chi connectivity index (χ0) is 27.7. The number of halogens is 2. The molecule has 1 atom stereocenters. The Balaban J connectivity index is 1.57. The molecule has 2 aliphatic heterocycles. The molecule has 3 aromatic carbocycles. The number of fused-ring (bicyclic) bond motifs is 1. The van der Waals surface area contributed by atoms with E-state index in [1.54, 1.807) is 52.3 Å². The van der Waals surface area contributed by atoms with Crippen molar-refractivity contribution < 1.29 is 14.4 Å². The summed E-state index contributed by atoms with van der Waals surface area (Å²) in [7, 11) is 0. The molecule has 3 amide bonds. The van der Waals surface area contributed by atoms with Crippen molar-refractivity contribution >= 4 is 52.3 Å². The Kier molecular flexibility index (Phi) is 7.26. The molecule has 1 unspecified atom stereocenters. The minimum atomic E-state index is -1.28. The van der Waals surface area contributed by atoms with Crippen molar-refractivity contribution in [2.45, 2.75) is 18.9 Å². The lowest BCUT2D eigenvalue weighted by atomic mass is 9.84. The van der Waals surface area contributed by atoms with Crippen molar-refractivity contribution in [3.63, 3.8) is 0 Å². The maximum absolute atomic E-state index is 13.8. The van der Waals surface area contributed by atoms with Crippen molar-refractivity contribution in [1.29, 1.82) is 0 Å². The number of amides is 3. The fourth-order valence-electron chi connectivity index (χ4n) is 5.19. The number of piperazine rings is 1. The number of hydrogen-bond donors (Lipinski definition) is 2. The smallest absolute Gasteiger partial charge is 0.256 e. The highest BCUT2D eigenvalue weighted by Crippen LogP contribution is 2.43. The summed E-state index contributed by atoms with van der Waals surface area (Å²) < 4.78 is 0. The first-order valence-electron chi connectivity index (χ1n) is 12.5. The predicted molar refractivity (Wildman–Crippen MR) is 153 cm³/mol. The number of nitrogens with one attached hydrogen (secondary N) is 2. The van der Waals surface area contributed by atoms with E-state index >= 15 is 0 Å². The molecule has 39 heavy (non-hydrogen) atoms. The van der Waals surface area contributed by atoms with Gasteiger partial charge in [-0.1, -0.05) is 47.3 Å². The minimum Gasteiger partial charge on any atom is -0.367 e. The summed E-state index contributed by atoms with van der Waals surface area (Å²) in [6.45, 7) is 3.26. The molecule has 0 saturated carbocycles. The van der Waals surface area contributed by atoms with E-state index in [2.05, 4.69) is 16.6 Å². The molecule has 3 aromatic rings. The second kappa shape index (κ2) is 10.6. The van der Waals surface area contributed by atoms with E-state index in [1.165, 1.54) is 6.92 Å². The number of hydrogen-bond acceptors (Lipinski definition) is 4. The molecule has 2 aliphatic rings. The maximum Gasteiger partial charge on any atom is 0.256 e. The van der Waals surface area contributed by atoms with Crippen LogP contribution in [0.25, 0.3) is 0 Å². The average molecular weight is 561 g/mol. The number of carbonyl (C=O) groups is 3. The van der Waals surface area contributed by atoms with Gasteiger partial charge in [0.15, 0.2) is 0 Å². The van der Waals surface area contributed by atoms with E-state index in [1.807, 2.05) is 18.2 Å². The first kappa shape index (κ1) is 26.6. The molecule has 0 spiro atoms. The minimum absolute atomic E-state index is 0.0169. The third-order valence-corrected chi connectivity index (χ3v) is 7.68. The van der Waals surface area contributed by atoms with E-state index < -0.39 is 5.54 Å². The van der Waals surface area contributed by atoms with E-state index in [-0.39, 0.29) is 24.1 Å². The van der Waals surface area contributed by atoms with Crippen LogP contribution in [0.5, 0.6) is 0 Å². The highest BCUT2D eigenvalue weighted by Gasteiger charge is 2.47. The van der Waals surface area contributed by atoms with Gasteiger partial charge >= 0.3 is 0 Å². The standard InChI is InChI=1S/C30H26Cl2N4O3/c1-3-20-7-9-24(28(38)36-13-11-35(12-14-36)19(2)37)26(16-20)34-30(18-21-5-4-6-22(31)15-21)25-10-8-23(32)17-27(25)33-29(30)39/h1,4-10,15-17,34H,11-14,18H2,2H3,(H,33,39). The van der Waals surface area contributed by atoms with Gasteiger partial charge in [-0.3, -0.25) is 14.4 Å². The quantitative estimate of drug-likeness (QED) is 0.440. The molecule has 9 heteroatoms. The van der Waals surface area contributed by atoms with Gasteiger partial charge in [-0.05, 0) is 48.0 Å². The Labute approximate surface area is 237 Å². The Morgan fingerprint density at radius 1 is 1.00 bits per heavy atom. The third kappa shape index (κ3) is 5.18. The summed E-state index contributed by atoms with van der Waals surface area (Å²) in [5.41, 5.74) is 2.20. The number of benzene rings is 3. The maximum atomic E-state index is 13.8. The van der Waals surface area contributed by atoms with Crippen LogP contribution in [0.3, 0.4) is 0 Å². The lowest BCUT2D eigenvalue weighted by molar-refractivity contribution is -0.130. The van der Waals surface area contributed by atoms with Crippen molar-refractivity contribution in [3.8, 4) is 12.3 Å². The molecule has 2 heterocycles. The average Bonchev–Trinajstić information content (AvgIpc) is 3.17. The van der Waals surface area contributed by atoms with Crippen LogP contribution in [0.4, 0.5) is 11.4 Å². The number of carbonyl (C=O) groups excluding carboxylic acids is 3. The Bertz CT molecular complexity index is 1520. The molecule has 0 aliphatic carbocycles. The van der Waals surface area contributed by atoms with Crippen LogP contribution in [0.15, 0.2) is 60.7 Å². The lowest BCUT2D eigenvalue weighted by Crippen LogP contribution is -2.50. The molecule has 1 fully saturated rings. The first-order valence-corrected chi connectivity index (χ1v) is 13.3. The van der Waals surface area contributed by atoms with Crippen LogP contribution in [-0.4, -0.2) is 53.7 Å². The molecule has 2 N–H and O–H groups in total. The molecule has 5 rings (SSSR count).